The molecule has 4 heteroatoms. The summed E-state index contributed by atoms with van der Waals surface area (Å²) in [6, 6.07) is 3.61. The van der Waals surface area contributed by atoms with Crippen molar-refractivity contribution in [2.45, 2.75) is 13.5 Å². The molecule has 0 aliphatic carbocycles. The molecule has 2 rings (SSSR count). The van der Waals surface area contributed by atoms with Crippen LogP contribution in [0.25, 0.3) is 11.0 Å². The number of carbonyl (C=O) groups is 2. The van der Waals surface area contributed by atoms with Gasteiger partial charge in [0.1, 0.15) is 11.9 Å². The highest BCUT2D eigenvalue weighted by atomic mass is 16.1. The Morgan fingerprint density at radius 2 is 2.40 bits per heavy atom. The SMILES string of the molecule is CC(=O)c1cn(CC=O)c2ncccc12. The average molecular weight is 202 g/mol. The number of Topliss-reactive ketones (excluding diaryl/α,β-unsaturated/α-hetero) is 1. The van der Waals surface area contributed by atoms with Crippen LogP contribution in [0.1, 0.15) is 17.3 Å². The highest BCUT2D eigenvalue weighted by Gasteiger charge is 2.11. The van der Waals surface area contributed by atoms with E-state index in [0.717, 1.165) is 11.7 Å². The Labute approximate surface area is 86.5 Å². The maximum Gasteiger partial charge on any atom is 0.162 e. The predicted molar refractivity (Wildman–Crippen MR) is 55.8 cm³/mol. The van der Waals surface area contributed by atoms with Gasteiger partial charge < -0.3 is 9.36 Å². The summed E-state index contributed by atoms with van der Waals surface area (Å²) in [7, 11) is 0. The van der Waals surface area contributed by atoms with Gasteiger partial charge in [0.05, 0.1) is 6.54 Å². The van der Waals surface area contributed by atoms with Crippen LogP contribution in [-0.2, 0) is 11.3 Å². The maximum atomic E-state index is 11.3. The normalized spacial score (nSPS) is 10.5. The molecular formula is C11H10N2O2. The number of fused-ring (bicyclic) bond motifs is 1. The molecule has 0 saturated heterocycles. The van der Waals surface area contributed by atoms with Gasteiger partial charge in [-0.05, 0) is 19.1 Å². The first-order chi connectivity index (χ1) is 7.24. The Balaban J connectivity index is 2.72. The predicted octanol–water partition coefficient (Wildman–Crippen LogP) is 1.44. The number of carbonyl (C=O) groups excluding carboxylic acids is 2. The van der Waals surface area contributed by atoms with E-state index in [1.807, 2.05) is 6.07 Å². The van der Waals surface area contributed by atoms with Crippen molar-refractivity contribution in [1.82, 2.24) is 9.55 Å². The number of ketones is 1. The highest BCUT2D eigenvalue weighted by molar-refractivity contribution is 6.06. The number of hydrogen-bond donors (Lipinski definition) is 0. The van der Waals surface area contributed by atoms with Crippen LogP contribution in [0.15, 0.2) is 24.5 Å². The Morgan fingerprint density at radius 3 is 3.07 bits per heavy atom. The second-order valence-electron chi connectivity index (χ2n) is 3.29. The lowest BCUT2D eigenvalue weighted by atomic mass is 10.2. The van der Waals surface area contributed by atoms with Crippen LogP contribution in [0.3, 0.4) is 0 Å². The molecular weight excluding hydrogens is 192 g/mol. The lowest BCUT2D eigenvalue weighted by Gasteiger charge is -1.96. The molecule has 76 valence electrons. The zero-order chi connectivity index (χ0) is 10.8. The van der Waals surface area contributed by atoms with Gasteiger partial charge >= 0.3 is 0 Å². The van der Waals surface area contributed by atoms with Crippen LogP contribution in [-0.4, -0.2) is 21.6 Å². The van der Waals surface area contributed by atoms with Gasteiger partial charge in [-0.1, -0.05) is 0 Å². The molecule has 0 amide bonds. The van der Waals surface area contributed by atoms with E-state index in [2.05, 4.69) is 4.98 Å². The molecule has 0 spiro atoms. The fourth-order valence-corrected chi connectivity index (χ4v) is 1.62. The Bertz CT molecular complexity index is 528. The Hall–Kier alpha value is -1.97. The summed E-state index contributed by atoms with van der Waals surface area (Å²) in [4.78, 5) is 26.0. The minimum absolute atomic E-state index is 0.0161. The quantitative estimate of drug-likeness (QED) is 0.559. The van der Waals surface area contributed by atoms with Gasteiger partial charge in [-0.3, -0.25) is 4.79 Å². The van der Waals surface area contributed by atoms with Crippen LogP contribution >= 0.6 is 0 Å². The molecule has 0 unspecified atom stereocenters. The summed E-state index contributed by atoms with van der Waals surface area (Å²) in [5.74, 6) is -0.0161. The van der Waals surface area contributed by atoms with Gasteiger partial charge in [-0.2, -0.15) is 0 Å². The molecule has 4 nitrogen and oxygen atoms in total. The minimum atomic E-state index is -0.0161. The number of hydrogen-bond acceptors (Lipinski definition) is 3. The number of nitrogens with zero attached hydrogens (tertiary/aromatic N) is 2. The molecule has 0 aromatic carbocycles. The summed E-state index contributed by atoms with van der Waals surface area (Å²) >= 11 is 0. The highest BCUT2D eigenvalue weighted by Crippen LogP contribution is 2.19. The molecule has 0 aliphatic rings. The third kappa shape index (κ3) is 1.54. The Kier molecular flexibility index (Phi) is 2.33. The van der Waals surface area contributed by atoms with E-state index >= 15 is 0 Å². The van der Waals surface area contributed by atoms with Crippen LogP contribution < -0.4 is 0 Å². The lowest BCUT2D eigenvalue weighted by molar-refractivity contribution is -0.108. The average Bonchev–Trinajstić information content (AvgIpc) is 2.59. The molecule has 15 heavy (non-hydrogen) atoms. The van der Waals surface area contributed by atoms with Crippen LogP contribution in [0, 0.1) is 0 Å². The van der Waals surface area contributed by atoms with E-state index in [9.17, 15) is 9.59 Å². The third-order valence-corrected chi connectivity index (χ3v) is 2.28. The first-order valence-electron chi connectivity index (χ1n) is 4.62. The monoisotopic (exact) mass is 202 g/mol. The van der Waals surface area contributed by atoms with Gasteiger partial charge in [0.15, 0.2) is 5.78 Å². The summed E-state index contributed by atoms with van der Waals surface area (Å²) in [5.41, 5.74) is 1.29. The first kappa shape index (κ1) is 9.58. The molecule has 0 saturated carbocycles. The molecule has 0 bridgehead atoms. The van der Waals surface area contributed by atoms with Gasteiger partial charge in [0.25, 0.3) is 0 Å². The molecule has 0 N–H and O–H groups in total. The molecule has 2 heterocycles. The van der Waals surface area contributed by atoms with E-state index < -0.39 is 0 Å². The fourth-order valence-electron chi connectivity index (χ4n) is 1.62. The van der Waals surface area contributed by atoms with Gasteiger partial charge in [-0.25, -0.2) is 4.98 Å². The lowest BCUT2D eigenvalue weighted by Crippen LogP contribution is -1.97. The van der Waals surface area contributed by atoms with Crippen molar-refractivity contribution in [3.05, 3.63) is 30.1 Å². The molecule has 2 aromatic heterocycles. The zero-order valence-electron chi connectivity index (χ0n) is 8.30. The second kappa shape index (κ2) is 3.65. The smallest absolute Gasteiger partial charge is 0.162 e. The van der Waals surface area contributed by atoms with Crippen molar-refractivity contribution >= 4 is 23.1 Å². The summed E-state index contributed by atoms with van der Waals surface area (Å²) in [6.07, 6.45) is 4.11. The molecule has 0 fully saturated rings. The van der Waals surface area contributed by atoms with Crippen molar-refractivity contribution in [2.75, 3.05) is 0 Å². The van der Waals surface area contributed by atoms with Crippen molar-refractivity contribution in [2.24, 2.45) is 0 Å². The first-order valence-corrected chi connectivity index (χ1v) is 4.62. The van der Waals surface area contributed by atoms with Crippen molar-refractivity contribution < 1.29 is 9.59 Å². The van der Waals surface area contributed by atoms with Gasteiger partial charge in [0, 0.05) is 23.3 Å². The van der Waals surface area contributed by atoms with E-state index in [1.165, 1.54) is 6.92 Å². The van der Waals surface area contributed by atoms with E-state index in [4.69, 9.17) is 0 Å². The Morgan fingerprint density at radius 1 is 1.60 bits per heavy atom. The topological polar surface area (TPSA) is 52.0 Å². The van der Waals surface area contributed by atoms with Crippen LogP contribution in [0.2, 0.25) is 0 Å². The molecule has 0 radical (unpaired) electrons. The van der Waals surface area contributed by atoms with Crippen molar-refractivity contribution in [3.63, 3.8) is 0 Å². The van der Waals surface area contributed by atoms with Gasteiger partial charge in [0.2, 0.25) is 0 Å². The van der Waals surface area contributed by atoms with E-state index in [0.29, 0.717) is 11.2 Å². The number of pyridine rings is 1. The fraction of sp³-hybridized carbons (Fsp3) is 0.182. The standard InChI is InChI=1S/C11H10N2O2/c1-8(15)10-7-13(5-6-14)11-9(10)3-2-4-12-11/h2-4,6-7H,5H2,1H3. The van der Waals surface area contributed by atoms with E-state index in [1.54, 1.807) is 23.0 Å². The number of aldehydes is 1. The van der Waals surface area contributed by atoms with Crippen molar-refractivity contribution in [1.29, 1.82) is 0 Å². The third-order valence-electron chi connectivity index (χ3n) is 2.28. The maximum absolute atomic E-state index is 11.3. The van der Waals surface area contributed by atoms with Crippen LogP contribution in [0.5, 0.6) is 0 Å². The molecule has 2 aromatic rings. The summed E-state index contributed by atoms with van der Waals surface area (Å²) in [6.45, 7) is 1.73. The van der Waals surface area contributed by atoms with Gasteiger partial charge in [-0.15, -0.1) is 0 Å². The summed E-state index contributed by atoms with van der Waals surface area (Å²) in [5, 5.41) is 0.798. The largest absolute Gasteiger partial charge is 0.325 e. The summed E-state index contributed by atoms with van der Waals surface area (Å²) < 4.78 is 1.68. The second-order valence-corrected chi connectivity index (χ2v) is 3.29. The number of aromatic nitrogens is 2. The minimum Gasteiger partial charge on any atom is -0.325 e. The zero-order valence-corrected chi connectivity index (χ0v) is 8.30. The number of rotatable bonds is 3. The van der Waals surface area contributed by atoms with Crippen molar-refractivity contribution in [3.8, 4) is 0 Å². The van der Waals surface area contributed by atoms with Crippen LogP contribution in [0.4, 0.5) is 0 Å². The molecule has 0 aliphatic heterocycles. The van der Waals surface area contributed by atoms with E-state index in [-0.39, 0.29) is 12.3 Å². The molecule has 0 atom stereocenters.